The summed E-state index contributed by atoms with van der Waals surface area (Å²) in [6, 6.07) is 17.9. The zero-order valence-electron chi connectivity index (χ0n) is 17.6. The quantitative estimate of drug-likeness (QED) is 0.486. The number of anilines is 1. The number of methoxy groups -OCH3 is 2. The van der Waals surface area contributed by atoms with Gasteiger partial charge in [0.1, 0.15) is 0 Å². The molecule has 0 radical (unpaired) electrons. The van der Waals surface area contributed by atoms with Crippen LogP contribution in [0.15, 0.2) is 71.6 Å². The molecule has 32 heavy (non-hydrogen) atoms. The molecule has 9 heteroatoms. The van der Waals surface area contributed by atoms with E-state index in [1.54, 1.807) is 32.4 Å². The molecule has 1 amide bonds. The highest BCUT2D eigenvalue weighted by molar-refractivity contribution is 7.92. The number of carbonyl (C=O) groups excluding carboxylic acids is 1. The monoisotopic (exact) mass is 474 g/mol. The van der Waals surface area contributed by atoms with E-state index < -0.39 is 10.0 Å². The molecule has 0 fully saturated rings. The molecule has 3 aromatic rings. The highest BCUT2D eigenvalue weighted by Gasteiger charge is 2.16. The maximum absolute atomic E-state index is 12.5. The number of benzene rings is 3. The van der Waals surface area contributed by atoms with Gasteiger partial charge in [-0.05, 0) is 54.4 Å². The number of hydrogen-bond acceptors (Lipinski definition) is 5. The van der Waals surface area contributed by atoms with E-state index in [9.17, 15) is 13.2 Å². The van der Waals surface area contributed by atoms with Gasteiger partial charge in [0.2, 0.25) is 0 Å². The van der Waals surface area contributed by atoms with E-state index in [-0.39, 0.29) is 27.1 Å². The van der Waals surface area contributed by atoms with Gasteiger partial charge >= 0.3 is 0 Å². The van der Waals surface area contributed by atoms with Gasteiger partial charge in [0.05, 0.1) is 35.4 Å². The van der Waals surface area contributed by atoms with Crippen LogP contribution in [-0.4, -0.2) is 35.1 Å². The Bertz CT molecular complexity index is 1200. The zero-order valence-corrected chi connectivity index (χ0v) is 19.2. The molecule has 0 atom stereocenters. The first kappa shape index (κ1) is 23.4. The molecule has 3 rings (SSSR count). The summed E-state index contributed by atoms with van der Waals surface area (Å²) in [6.07, 6.45) is 0.582. The average Bonchev–Trinajstić information content (AvgIpc) is 2.79. The van der Waals surface area contributed by atoms with Crippen molar-refractivity contribution < 1.29 is 22.7 Å². The van der Waals surface area contributed by atoms with E-state index >= 15 is 0 Å². The predicted molar refractivity (Wildman–Crippen MR) is 124 cm³/mol. The van der Waals surface area contributed by atoms with Crippen molar-refractivity contribution in [3.8, 4) is 11.5 Å². The Morgan fingerprint density at radius 1 is 0.938 bits per heavy atom. The molecule has 0 spiro atoms. The maximum Gasteiger partial charge on any atom is 0.261 e. The molecule has 168 valence electrons. The first-order valence-corrected chi connectivity index (χ1v) is 11.6. The molecule has 0 heterocycles. The Morgan fingerprint density at radius 2 is 1.66 bits per heavy atom. The van der Waals surface area contributed by atoms with Crippen LogP contribution in [-0.2, 0) is 16.4 Å². The largest absolute Gasteiger partial charge is 0.493 e. The lowest BCUT2D eigenvalue weighted by Crippen LogP contribution is -2.26. The molecule has 2 N–H and O–H groups in total. The van der Waals surface area contributed by atoms with Gasteiger partial charge < -0.3 is 14.8 Å². The van der Waals surface area contributed by atoms with Crippen molar-refractivity contribution in [2.75, 3.05) is 25.5 Å². The van der Waals surface area contributed by atoms with E-state index in [0.29, 0.717) is 24.5 Å². The Hall–Kier alpha value is -3.23. The molecular formula is C23H23ClN2O5S. The van der Waals surface area contributed by atoms with Crippen molar-refractivity contribution >= 4 is 33.2 Å². The lowest BCUT2D eigenvalue weighted by molar-refractivity contribution is 0.0954. The van der Waals surface area contributed by atoms with Crippen molar-refractivity contribution in [2.24, 2.45) is 0 Å². The van der Waals surface area contributed by atoms with Crippen LogP contribution in [0.2, 0.25) is 5.02 Å². The van der Waals surface area contributed by atoms with Crippen LogP contribution >= 0.6 is 11.6 Å². The number of rotatable bonds is 9. The molecule has 0 aromatic heterocycles. The summed E-state index contributed by atoms with van der Waals surface area (Å²) in [5.74, 6) is 0.899. The maximum atomic E-state index is 12.5. The minimum Gasteiger partial charge on any atom is -0.493 e. The van der Waals surface area contributed by atoms with E-state index in [0.717, 1.165) is 5.56 Å². The number of nitrogens with one attached hydrogen (secondary N) is 2. The zero-order chi connectivity index (χ0) is 23.1. The van der Waals surface area contributed by atoms with Crippen molar-refractivity contribution in [3.05, 3.63) is 82.9 Å². The SMILES string of the molecule is COc1ccc(CCNC(=O)c2ccc(NS(=O)(=O)c3ccccc3)cc2Cl)cc1OC. The van der Waals surface area contributed by atoms with E-state index in [2.05, 4.69) is 10.0 Å². The molecule has 3 aromatic carbocycles. The number of carbonyl (C=O) groups is 1. The number of sulfonamides is 1. The fraction of sp³-hybridized carbons (Fsp3) is 0.174. The number of ether oxygens (including phenoxy) is 2. The number of hydrogen-bond donors (Lipinski definition) is 2. The Morgan fingerprint density at radius 3 is 2.31 bits per heavy atom. The fourth-order valence-electron chi connectivity index (χ4n) is 3.03. The second kappa shape index (κ2) is 10.4. The van der Waals surface area contributed by atoms with Gasteiger partial charge in [-0.3, -0.25) is 9.52 Å². The molecule has 0 bridgehead atoms. The predicted octanol–water partition coefficient (Wildman–Crippen LogP) is 4.13. The molecule has 0 unspecified atom stereocenters. The minimum absolute atomic E-state index is 0.133. The molecule has 7 nitrogen and oxygen atoms in total. The van der Waals surface area contributed by atoms with Gasteiger partial charge in [-0.1, -0.05) is 35.9 Å². The first-order chi connectivity index (χ1) is 15.3. The minimum atomic E-state index is -3.75. The Kier molecular flexibility index (Phi) is 7.61. The van der Waals surface area contributed by atoms with Gasteiger partial charge in [0, 0.05) is 6.54 Å². The van der Waals surface area contributed by atoms with Gasteiger partial charge in [-0.25, -0.2) is 8.42 Å². The highest BCUT2D eigenvalue weighted by Crippen LogP contribution is 2.28. The normalized spacial score (nSPS) is 11.0. The smallest absolute Gasteiger partial charge is 0.261 e. The van der Waals surface area contributed by atoms with E-state index in [1.807, 2.05) is 18.2 Å². The topological polar surface area (TPSA) is 93.7 Å². The standard InChI is InChI=1S/C23H23ClN2O5S/c1-30-21-11-8-16(14-22(21)31-2)12-13-25-23(27)19-10-9-17(15-20(19)24)26-32(28,29)18-6-4-3-5-7-18/h3-11,14-15,26H,12-13H2,1-2H3,(H,25,27). The number of amides is 1. The average molecular weight is 475 g/mol. The van der Waals surface area contributed by atoms with Crippen molar-refractivity contribution in [2.45, 2.75) is 11.3 Å². The molecule has 0 saturated carbocycles. The summed E-state index contributed by atoms with van der Waals surface area (Å²) >= 11 is 6.24. The second-order valence-corrected chi connectivity index (χ2v) is 8.90. The van der Waals surface area contributed by atoms with Crippen LogP contribution < -0.4 is 19.5 Å². The second-order valence-electron chi connectivity index (χ2n) is 6.81. The Balaban J connectivity index is 1.62. The lowest BCUT2D eigenvalue weighted by Gasteiger charge is -2.12. The van der Waals surface area contributed by atoms with Gasteiger partial charge in [-0.2, -0.15) is 0 Å². The first-order valence-electron chi connectivity index (χ1n) is 9.70. The third-order valence-corrected chi connectivity index (χ3v) is 6.38. The number of halogens is 1. The van der Waals surface area contributed by atoms with E-state index in [4.69, 9.17) is 21.1 Å². The third kappa shape index (κ3) is 5.72. The fourth-order valence-corrected chi connectivity index (χ4v) is 4.37. The van der Waals surface area contributed by atoms with Crippen molar-refractivity contribution in [1.82, 2.24) is 5.32 Å². The Labute approximate surface area is 192 Å². The summed E-state index contributed by atoms with van der Waals surface area (Å²) < 4.78 is 37.8. The molecule has 0 aliphatic carbocycles. The van der Waals surface area contributed by atoms with E-state index in [1.165, 1.54) is 30.3 Å². The van der Waals surface area contributed by atoms with Gasteiger partial charge in [0.15, 0.2) is 11.5 Å². The van der Waals surface area contributed by atoms with Crippen LogP contribution in [0.3, 0.4) is 0 Å². The van der Waals surface area contributed by atoms with Gasteiger partial charge in [-0.15, -0.1) is 0 Å². The lowest BCUT2D eigenvalue weighted by atomic mass is 10.1. The summed E-state index contributed by atoms with van der Waals surface area (Å²) in [5, 5.41) is 2.95. The molecule has 0 aliphatic rings. The summed E-state index contributed by atoms with van der Waals surface area (Å²) in [4.78, 5) is 12.7. The summed E-state index contributed by atoms with van der Waals surface area (Å²) in [7, 11) is -0.614. The van der Waals surface area contributed by atoms with Crippen LogP contribution in [0.1, 0.15) is 15.9 Å². The highest BCUT2D eigenvalue weighted by atomic mass is 35.5. The van der Waals surface area contributed by atoms with Crippen molar-refractivity contribution in [3.63, 3.8) is 0 Å². The van der Waals surface area contributed by atoms with Gasteiger partial charge in [0.25, 0.3) is 15.9 Å². The van der Waals surface area contributed by atoms with Crippen LogP contribution in [0, 0.1) is 0 Å². The summed E-state index contributed by atoms with van der Waals surface area (Å²) in [6.45, 7) is 0.382. The molecular weight excluding hydrogens is 452 g/mol. The van der Waals surface area contributed by atoms with Crippen molar-refractivity contribution in [1.29, 1.82) is 0 Å². The van der Waals surface area contributed by atoms with Crippen LogP contribution in [0.5, 0.6) is 11.5 Å². The van der Waals surface area contributed by atoms with Crippen LogP contribution in [0.4, 0.5) is 5.69 Å². The molecule has 0 saturated heterocycles. The van der Waals surface area contributed by atoms with Crippen LogP contribution in [0.25, 0.3) is 0 Å². The molecule has 0 aliphatic heterocycles. The summed E-state index contributed by atoms with van der Waals surface area (Å²) in [5.41, 5.74) is 1.49. The third-order valence-electron chi connectivity index (χ3n) is 4.67.